The van der Waals surface area contributed by atoms with Crippen LogP contribution in [0, 0.1) is 11.3 Å². The molecule has 36 heavy (non-hydrogen) atoms. The molecule has 0 aliphatic heterocycles. The molecular weight excluding hydrogens is 464 g/mol. The number of rotatable bonds is 6. The second kappa shape index (κ2) is 10.0. The first-order chi connectivity index (χ1) is 17.3. The number of hydrogen-bond donors (Lipinski definition) is 1. The maximum Gasteiger partial charge on any atom is 0.269 e. The van der Waals surface area contributed by atoms with E-state index in [9.17, 15) is 4.79 Å². The highest BCUT2D eigenvalue weighted by molar-refractivity contribution is 6.30. The predicted octanol–water partition coefficient (Wildman–Crippen LogP) is 7.52. The molecule has 0 bridgehead atoms. The van der Waals surface area contributed by atoms with Crippen LogP contribution in [0.3, 0.4) is 0 Å². The quantitative estimate of drug-likeness (QED) is 0.380. The Morgan fingerprint density at radius 3 is 2.64 bits per heavy atom. The molecule has 1 N–H and O–H groups in total. The molecule has 2 aliphatic carbocycles. The number of nitrogens with zero attached hydrogens (tertiary/aromatic N) is 1. The van der Waals surface area contributed by atoms with E-state index in [1.54, 1.807) is 12.3 Å². The first-order valence-electron chi connectivity index (χ1n) is 13.4. The van der Waals surface area contributed by atoms with Gasteiger partial charge in [-0.25, -0.2) is 0 Å². The van der Waals surface area contributed by atoms with Gasteiger partial charge in [0.2, 0.25) is 0 Å². The number of aromatic nitrogens is 1. The smallest absolute Gasteiger partial charge is 0.269 e. The summed E-state index contributed by atoms with van der Waals surface area (Å²) in [7, 11) is 0. The minimum Gasteiger partial charge on any atom is -0.350 e. The molecule has 3 nitrogen and oxygen atoms in total. The molecule has 2 aromatic carbocycles. The van der Waals surface area contributed by atoms with Gasteiger partial charge in [0.15, 0.2) is 0 Å². The number of fused-ring (bicyclic) bond motifs is 3. The predicted molar refractivity (Wildman–Crippen MR) is 148 cm³/mol. The van der Waals surface area contributed by atoms with Gasteiger partial charge in [-0.15, -0.1) is 0 Å². The average Bonchev–Trinajstić information content (AvgIpc) is 2.88. The molecule has 1 aromatic heterocycles. The lowest BCUT2D eigenvalue weighted by atomic mass is 9.48. The van der Waals surface area contributed by atoms with Gasteiger partial charge in [0, 0.05) is 17.8 Å². The van der Waals surface area contributed by atoms with Gasteiger partial charge in [0.1, 0.15) is 5.69 Å². The molecule has 1 amide bonds. The van der Waals surface area contributed by atoms with Gasteiger partial charge in [-0.3, -0.25) is 9.78 Å². The van der Waals surface area contributed by atoms with Crippen molar-refractivity contribution >= 4 is 17.5 Å². The monoisotopic (exact) mass is 500 g/mol. The fraction of sp³-hybridized carbons (Fsp3) is 0.438. The Bertz CT molecular complexity index is 1220. The molecule has 1 heterocycles. The third-order valence-electron chi connectivity index (χ3n) is 8.96. The Labute approximate surface area is 220 Å². The van der Waals surface area contributed by atoms with E-state index in [0.717, 1.165) is 37.1 Å². The molecule has 3 atom stereocenters. The lowest BCUT2D eigenvalue weighted by Gasteiger charge is -2.57. The summed E-state index contributed by atoms with van der Waals surface area (Å²) in [6.45, 7) is 7.69. The molecule has 0 saturated heterocycles. The molecular formula is C32H37ClN2O. The SMILES string of the molecule is CC(C)c1ccc2c(c1)CC[C@H]1[C@@](CNC(=O)c3ccccn3)(Cc3ccc(Cl)cc3)CCC[C@]21C. The van der Waals surface area contributed by atoms with Gasteiger partial charge in [0.05, 0.1) is 0 Å². The molecule has 3 aromatic rings. The Morgan fingerprint density at radius 1 is 1.11 bits per heavy atom. The van der Waals surface area contributed by atoms with Gasteiger partial charge in [-0.1, -0.05) is 75.2 Å². The Hall–Kier alpha value is -2.65. The molecule has 0 spiro atoms. The van der Waals surface area contributed by atoms with Gasteiger partial charge in [-0.2, -0.15) is 0 Å². The van der Waals surface area contributed by atoms with E-state index in [0.29, 0.717) is 24.1 Å². The van der Waals surface area contributed by atoms with Gasteiger partial charge in [0.25, 0.3) is 5.91 Å². The van der Waals surface area contributed by atoms with Crippen LogP contribution in [0.4, 0.5) is 0 Å². The van der Waals surface area contributed by atoms with E-state index in [1.807, 2.05) is 24.3 Å². The largest absolute Gasteiger partial charge is 0.350 e. The lowest BCUT2D eigenvalue weighted by molar-refractivity contribution is 0.0111. The first kappa shape index (κ1) is 25.0. The lowest BCUT2D eigenvalue weighted by Crippen LogP contribution is -2.55. The van der Waals surface area contributed by atoms with E-state index < -0.39 is 0 Å². The van der Waals surface area contributed by atoms with Gasteiger partial charge >= 0.3 is 0 Å². The van der Waals surface area contributed by atoms with Gasteiger partial charge in [-0.05, 0) is 101 Å². The number of pyridine rings is 1. The van der Waals surface area contributed by atoms with Crippen LogP contribution < -0.4 is 5.32 Å². The van der Waals surface area contributed by atoms with Crippen molar-refractivity contribution in [2.24, 2.45) is 11.3 Å². The molecule has 2 aliphatic rings. The Morgan fingerprint density at radius 2 is 1.92 bits per heavy atom. The summed E-state index contributed by atoms with van der Waals surface area (Å²) >= 11 is 6.22. The highest BCUT2D eigenvalue weighted by atomic mass is 35.5. The topological polar surface area (TPSA) is 42.0 Å². The summed E-state index contributed by atoms with van der Waals surface area (Å²) in [4.78, 5) is 17.4. The molecule has 5 rings (SSSR count). The summed E-state index contributed by atoms with van der Waals surface area (Å²) in [5.41, 5.74) is 6.33. The zero-order valence-corrected chi connectivity index (χ0v) is 22.4. The molecule has 188 valence electrons. The van der Waals surface area contributed by atoms with E-state index >= 15 is 0 Å². The summed E-state index contributed by atoms with van der Waals surface area (Å²) in [5, 5.41) is 4.07. The molecule has 1 saturated carbocycles. The second-order valence-corrected chi connectivity index (χ2v) is 11.9. The van der Waals surface area contributed by atoms with Crippen molar-refractivity contribution in [3.8, 4) is 0 Å². The molecule has 0 radical (unpaired) electrons. The zero-order chi connectivity index (χ0) is 25.3. The van der Waals surface area contributed by atoms with Crippen LogP contribution >= 0.6 is 11.6 Å². The minimum absolute atomic E-state index is 0.0281. The Balaban J connectivity index is 1.51. The summed E-state index contributed by atoms with van der Waals surface area (Å²) in [5.74, 6) is 0.935. The maximum atomic E-state index is 13.1. The normalized spacial score (nSPS) is 25.2. The van der Waals surface area contributed by atoms with Crippen molar-refractivity contribution in [1.82, 2.24) is 10.3 Å². The number of hydrogen-bond acceptors (Lipinski definition) is 2. The van der Waals surface area contributed by atoms with Crippen molar-refractivity contribution in [2.45, 2.75) is 70.6 Å². The number of carbonyl (C=O) groups is 1. The van der Waals surface area contributed by atoms with Crippen molar-refractivity contribution in [2.75, 3.05) is 6.54 Å². The van der Waals surface area contributed by atoms with Crippen molar-refractivity contribution < 1.29 is 4.79 Å². The Kier molecular flexibility index (Phi) is 6.96. The van der Waals surface area contributed by atoms with E-state index in [1.165, 1.54) is 28.7 Å². The maximum absolute atomic E-state index is 13.1. The third-order valence-corrected chi connectivity index (χ3v) is 9.21. The minimum atomic E-state index is -0.0869. The number of amides is 1. The van der Waals surface area contributed by atoms with Crippen molar-refractivity contribution in [3.63, 3.8) is 0 Å². The van der Waals surface area contributed by atoms with Crippen LogP contribution in [-0.2, 0) is 18.3 Å². The zero-order valence-electron chi connectivity index (χ0n) is 21.7. The molecule has 1 fully saturated rings. The van der Waals surface area contributed by atoms with Crippen LogP contribution in [0.15, 0.2) is 66.9 Å². The van der Waals surface area contributed by atoms with Crippen LogP contribution in [0.2, 0.25) is 5.02 Å². The number of carbonyl (C=O) groups excluding carboxylic acids is 1. The first-order valence-corrected chi connectivity index (χ1v) is 13.8. The fourth-order valence-corrected chi connectivity index (χ4v) is 7.28. The van der Waals surface area contributed by atoms with Crippen LogP contribution in [0.25, 0.3) is 0 Å². The number of benzene rings is 2. The van der Waals surface area contributed by atoms with E-state index in [4.69, 9.17) is 11.6 Å². The van der Waals surface area contributed by atoms with Crippen LogP contribution in [-0.4, -0.2) is 17.4 Å². The van der Waals surface area contributed by atoms with Crippen molar-refractivity contribution in [1.29, 1.82) is 0 Å². The highest BCUT2D eigenvalue weighted by Gasteiger charge is 2.53. The number of nitrogens with one attached hydrogen (secondary N) is 1. The molecule has 0 unspecified atom stereocenters. The summed E-state index contributed by atoms with van der Waals surface area (Å²) < 4.78 is 0. The van der Waals surface area contributed by atoms with Crippen LogP contribution in [0.5, 0.6) is 0 Å². The molecule has 4 heteroatoms. The summed E-state index contributed by atoms with van der Waals surface area (Å²) in [6, 6.07) is 21.0. The average molecular weight is 501 g/mol. The second-order valence-electron chi connectivity index (χ2n) is 11.5. The summed E-state index contributed by atoms with van der Waals surface area (Å²) in [6.07, 6.45) is 8.34. The highest BCUT2D eigenvalue weighted by Crippen LogP contribution is 2.58. The fourth-order valence-electron chi connectivity index (χ4n) is 7.15. The number of halogens is 1. The van der Waals surface area contributed by atoms with Gasteiger partial charge < -0.3 is 5.32 Å². The van der Waals surface area contributed by atoms with Crippen molar-refractivity contribution in [3.05, 3.63) is 99.8 Å². The van der Waals surface area contributed by atoms with Crippen LogP contribution in [0.1, 0.15) is 85.1 Å². The number of aryl methyl sites for hydroxylation is 1. The van der Waals surface area contributed by atoms with E-state index in [2.05, 4.69) is 61.4 Å². The standard InChI is InChI=1S/C32H37ClN2O/c1-22(2)24-10-14-27-25(19-24)11-15-29-31(27,3)16-6-17-32(29,20-23-8-12-26(33)13-9-23)21-35-30(36)28-7-4-5-18-34-28/h4-5,7-10,12-14,18-19,22,29H,6,11,15-17,20-21H2,1-3H3,(H,35,36)/t29-,31-,32-/m1/s1. The van der Waals surface area contributed by atoms with E-state index in [-0.39, 0.29) is 16.7 Å². The third kappa shape index (κ3) is 4.70.